The van der Waals surface area contributed by atoms with Crippen LogP contribution in [-0.2, 0) is 11.2 Å². The maximum atomic E-state index is 11.9. The highest BCUT2D eigenvalue weighted by molar-refractivity contribution is 7.13. The number of nitrogen functional groups attached to an aromatic ring is 1. The molecule has 6 heteroatoms. The molecule has 0 bridgehead atoms. The largest absolute Gasteiger partial charge is 0.375 e. The first-order valence-electron chi connectivity index (χ1n) is 6.02. The third-order valence-electron chi connectivity index (χ3n) is 2.62. The second-order valence-electron chi connectivity index (χ2n) is 5.03. The molecule has 3 N–H and O–H groups in total. The van der Waals surface area contributed by atoms with Crippen LogP contribution in [-0.4, -0.2) is 42.5 Å². The summed E-state index contributed by atoms with van der Waals surface area (Å²) in [6.07, 6.45) is 0.296. The number of nitrogens with one attached hydrogen (secondary N) is 1. The fourth-order valence-corrected chi connectivity index (χ4v) is 2.21. The van der Waals surface area contributed by atoms with Crippen molar-refractivity contribution in [2.75, 3.05) is 26.4 Å². The normalized spacial score (nSPS) is 13.0. The molecule has 18 heavy (non-hydrogen) atoms. The van der Waals surface area contributed by atoms with E-state index in [4.69, 9.17) is 5.73 Å². The number of thiazole rings is 1. The van der Waals surface area contributed by atoms with E-state index in [0.717, 1.165) is 12.2 Å². The van der Waals surface area contributed by atoms with E-state index < -0.39 is 0 Å². The quantitative estimate of drug-likeness (QED) is 0.808. The summed E-state index contributed by atoms with van der Waals surface area (Å²) in [7, 11) is 4.01. The van der Waals surface area contributed by atoms with E-state index in [1.54, 1.807) is 0 Å². The van der Waals surface area contributed by atoms with Crippen LogP contribution in [0.4, 0.5) is 5.13 Å². The van der Waals surface area contributed by atoms with Crippen LogP contribution in [0, 0.1) is 5.92 Å². The zero-order valence-corrected chi connectivity index (χ0v) is 12.3. The summed E-state index contributed by atoms with van der Waals surface area (Å²) < 4.78 is 0. The Morgan fingerprint density at radius 1 is 1.56 bits per heavy atom. The predicted molar refractivity (Wildman–Crippen MR) is 75.6 cm³/mol. The third-order valence-corrected chi connectivity index (χ3v) is 3.35. The van der Waals surface area contributed by atoms with Gasteiger partial charge in [0, 0.05) is 18.0 Å². The van der Waals surface area contributed by atoms with Crippen LogP contribution in [0.2, 0.25) is 0 Å². The average Bonchev–Trinajstić information content (AvgIpc) is 2.62. The van der Waals surface area contributed by atoms with Gasteiger partial charge in [-0.05, 0) is 20.0 Å². The zero-order valence-electron chi connectivity index (χ0n) is 11.4. The molecule has 0 spiro atoms. The summed E-state index contributed by atoms with van der Waals surface area (Å²) in [5.74, 6) is 0.401. The Labute approximate surface area is 112 Å². The lowest BCUT2D eigenvalue weighted by atomic mass is 10.0. The van der Waals surface area contributed by atoms with Crippen LogP contribution in [0.3, 0.4) is 0 Å². The van der Waals surface area contributed by atoms with Crippen LogP contribution in [0.1, 0.15) is 19.5 Å². The summed E-state index contributed by atoms with van der Waals surface area (Å²) in [5, 5.41) is 5.38. The molecule has 1 unspecified atom stereocenters. The summed E-state index contributed by atoms with van der Waals surface area (Å²) in [4.78, 5) is 18.1. The number of amides is 1. The molecular weight excluding hydrogens is 248 g/mol. The van der Waals surface area contributed by atoms with E-state index in [1.807, 2.05) is 19.5 Å². The second-order valence-corrected chi connectivity index (χ2v) is 5.92. The number of hydrogen-bond donors (Lipinski definition) is 2. The van der Waals surface area contributed by atoms with Gasteiger partial charge in [0.25, 0.3) is 0 Å². The fourth-order valence-electron chi connectivity index (χ4n) is 1.64. The molecule has 0 saturated heterocycles. The Kier molecular flexibility index (Phi) is 5.55. The van der Waals surface area contributed by atoms with Crippen molar-refractivity contribution in [3.05, 3.63) is 11.1 Å². The Morgan fingerprint density at radius 3 is 2.67 bits per heavy atom. The lowest BCUT2D eigenvalue weighted by molar-refractivity contribution is -0.121. The summed E-state index contributed by atoms with van der Waals surface area (Å²) in [6, 6.07) is 0.156. The Balaban J connectivity index is 2.51. The van der Waals surface area contributed by atoms with Gasteiger partial charge in [-0.3, -0.25) is 4.79 Å². The summed E-state index contributed by atoms with van der Waals surface area (Å²) >= 11 is 1.36. The maximum absolute atomic E-state index is 11.9. The number of carbonyl (C=O) groups excluding carboxylic acids is 1. The van der Waals surface area contributed by atoms with Gasteiger partial charge in [-0.15, -0.1) is 11.3 Å². The third kappa shape index (κ3) is 5.01. The first-order chi connectivity index (χ1) is 8.38. The fraction of sp³-hybridized carbons (Fsp3) is 0.667. The average molecular weight is 270 g/mol. The lowest BCUT2D eigenvalue weighted by Gasteiger charge is -2.25. The van der Waals surface area contributed by atoms with Crippen molar-refractivity contribution >= 4 is 22.4 Å². The number of hydrogen-bond acceptors (Lipinski definition) is 5. The molecule has 1 aromatic heterocycles. The van der Waals surface area contributed by atoms with E-state index in [2.05, 4.69) is 29.0 Å². The van der Waals surface area contributed by atoms with Gasteiger partial charge in [-0.1, -0.05) is 13.8 Å². The molecule has 1 heterocycles. The molecule has 1 amide bonds. The van der Waals surface area contributed by atoms with E-state index in [9.17, 15) is 4.79 Å². The van der Waals surface area contributed by atoms with Gasteiger partial charge in [0.15, 0.2) is 5.13 Å². The number of anilines is 1. The topological polar surface area (TPSA) is 71.2 Å². The minimum absolute atomic E-state index is 0.000787. The SMILES string of the molecule is CC(C)C(CN(C)C)NC(=O)Cc1csc(N)n1. The number of carbonyl (C=O) groups is 1. The summed E-state index contributed by atoms with van der Waals surface area (Å²) in [6.45, 7) is 5.05. The van der Waals surface area contributed by atoms with Crippen molar-refractivity contribution in [3.63, 3.8) is 0 Å². The number of nitrogens with two attached hydrogens (primary N) is 1. The number of aromatic nitrogens is 1. The van der Waals surface area contributed by atoms with E-state index >= 15 is 0 Å². The molecule has 5 nitrogen and oxygen atoms in total. The number of nitrogens with zero attached hydrogens (tertiary/aromatic N) is 2. The Morgan fingerprint density at radius 2 is 2.22 bits per heavy atom. The second kappa shape index (κ2) is 6.70. The van der Waals surface area contributed by atoms with Crippen molar-refractivity contribution in [2.24, 2.45) is 5.92 Å². The van der Waals surface area contributed by atoms with Crippen molar-refractivity contribution < 1.29 is 4.79 Å². The standard InChI is InChI=1S/C12H22N4OS/c1-8(2)10(6-16(3)4)15-11(17)5-9-7-18-12(13)14-9/h7-8,10H,5-6H2,1-4H3,(H2,13,14)(H,15,17). The lowest BCUT2D eigenvalue weighted by Crippen LogP contribution is -2.45. The summed E-state index contributed by atoms with van der Waals surface area (Å²) in [5.41, 5.74) is 6.28. The number of rotatable bonds is 6. The first-order valence-corrected chi connectivity index (χ1v) is 6.90. The highest BCUT2D eigenvalue weighted by Gasteiger charge is 2.17. The zero-order chi connectivity index (χ0) is 13.7. The van der Waals surface area contributed by atoms with Gasteiger partial charge in [0.2, 0.25) is 5.91 Å². The minimum Gasteiger partial charge on any atom is -0.375 e. The number of likely N-dealkylation sites (N-methyl/N-ethyl adjacent to an activating group) is 1. The van der Waals surface area contributed by atoms with Crippen molar-refractivity contribution in [3.8, 4) is 0 Å². The molecule has 1 aromatic rings. The van der Waals surface area contributed by atoms with Gasteiger partial charge in [-0.25, -0.2) is 4.98 Å². The predicted octanol–water partition coefficient (Wildman–Crippen LogP) is 0.970. The molecule has 1 rings (SSSR count). The monoisotopic (exact) mass is 270 g/mol. The van der Waals surface area contributed by atoms with E-state index in [1.165, 1.54) is 11.3 Å². The van der Waals surface area contributed by atoms with Gasteiger partial charge >= 0.3 is 0 Å². The molecule has 0 aliphatic rings. The van der Waals surface area contributed by atoms with E-state index in [-0.39, 0.29) is 11.9 Å². The van der Waals surface area contributed by atoms with Gasteiger partial charge in [-0.2, -0.15) is 0 Å². The van der Waals surface area contributed by atoms with Crippen molar-refractivity contribution in [1.29, 1.82) is 0 Å². The highest BCUT2D eigenvalue weighted by Crippen LogP contribution is 2.11. The highest BCUT2D eigenvalue weighted by atomic mass is 32.1. The molecule has 0 aromatic carbocycles. The molecule has 0 radical (unpaired) electrons. The minimum atomic E-state index is 0.000787. The molecule has 0 saturated carbocycles. The first kappa shape index (κ1) is 14.9. The van der Waals surface area contributed by atoms with Crippen LogP contribution in [0.15, 0.2) is 5.38 Å². The van der Waals surface area contributed by atoms with Crippen molar-refractivity contribution in [1.82, 2.24) is 15.2 Å². The van der Waals surface area contributed by atoms with E-state index in [0.29, 0.717) is 17.5 Å². The van der Waals surface area contributed by atoms with Crippen molar-refractivity contribution in [2.45, 2.75) is 26.3 Å². The van der Waals surface area contributed by atoms with Crippen LogP contribution < -0.4 is 11.1 Å². The molecule has 102 valence electrons. The Hall–Kier alpha value is -1.14. The Bertz CT molecular complexity index is 389. The van der Waals surface area contributed by atoms with Gasteiger partial charge in [0.1, 0.15) is 0 Å². The maximum Gasteiger partial charge on any atom is 0.226 e. The molecule has 0 aliphatic carbocycles. The molecular formula is C12H22N4OS. The van der Waals surface area contributed by atoms with Gasteiger partial charge < -0.3 is 16.0 Å². The van der Waals surface area contributed by atoms with Gasteiger partial charge in [0.05, 0.1) is 12.1 Å². The smallest absolute Gasteiger partial charge is 0.226 e. The molecule has 0 aliphatic heterocycles. The van der Waals surface area contributed by atoms with Crippen LogP contribution in [0.25, 0.3) is 0 Å². The molecule has 1 atom stereocenters. The molecule has 0 fully saturated rings. The van der Waals surface area contributed by atoms with Crippen LogP contribution in [0.5, 0.6) is 0 Å². The van der Waals surface area contributed by atoms with Crippen LogP contribution >= 0.6 is 11.3 Å².